The first-order valence-corrected chi connectivity index (χ1v) is 9.82. The highest BCUT2D eigenvalue weighted by Crippen LogP contribution is 2.32. The highest BCUT2D eigenvalue weighted by molar-refractivity contribution is 6.08. The lowest BCUT2D eigenvalue weighted by molar-refractivity contribution is 0.0985. The van der Waals surface area contributed by atoms with E-state index in [9.17, 15) is 4.79 Å². The quantitative estimate of drug-likeness (QED) is 0.510. The Morgan fingerprint density at radius 2 is 1.47 bits per heavy atom. The molecule has 148 valence electrons. The standard InChI is InChI=1S/C24H20N4O2/c1-27-14-15-28(23-22(27)25-20-12-5-6-13-21(20)26-23)24(29)17-8-7-11-19(16-17)30-18-9-3-2-4-10-18/h2-13,16H,14-15H2,1H3. The summed E-state index contributed by atoms with van der Waals surface area (Å²) in [5.41, 5.74) is 2.13. The summed E-state index contributed by atoms with van der Waals surface area (Å²) in [5.74, 6) is 2.52. The smallest absolute Gasteiger partial charge is 0.259 e. The van der Waals surface area contributed by atoms with Gasteiger partial charge in [0.2, 0.25) is 0 Å². The molecule has 30 heavy (non-hydrogen) atoms. The minimum Gasteiger partial charge on any atom is -0.457 e. The molecule has 1 aliphatic rings. The van der Waals surface area contributed by atoms with Crippen molar-refractivity contribution in [1.29, 1.82) is 0 Å². The fourth-order valence-corrected chi connectivity index (χ4v) is 3.55. The lowest BCUT2D eigenvalue weighted by atomic mass is 10.1. The average Bonchev–Trinajstić information content (AvgIpc) is 2.79. The molecule has 0 atom stereocenters. The van der Waals surface area contributed by atoms with E-state index in [0.29, 0.717) is 36.0 Å². The van der Waals surface area contributed by atoms with Crippen LogP contribution in [-0.4, -0.2) is 36.0 Å². The number of amides is 1. The number of aromatic nitrogens is 2. The fraction of sp³-hybridized carbons (Fsp3) is 0.125. The Labute approximate surface area is 174 Å². The molecule has 5 rings (SSSR count). The molecule has 0 unspecified atom stereocenters. The third-order valence-electron chi connectivity index (χ3n) is 5.12. The molecule has 0 saturated heterocycles. The van der Waals surface area contributed by atoms with Gasteiger partial charge < -0.3 is 9.64 Å². The van der Waals surface area contributed by atoms with Crippen LogP contribution in [-0.2, 0) is 0 Å². The van der Waals surface area contributed by atoms with Gasteiger partial charge in [0.25, 0.3) is 5.91 Å². The number of anilines is 2. The normalized spacial score (nSPS) is 13.2. The Morgan fingerprint density at radius 1 is 0.800 bits per heavy atom. The third kappa shape index (κ3) is 3.33. The number of rotatable bonds is 3. The molecule has 1 aromatic heterocycles. The number of carbonyl (C=O) groups excluding carboxylic acids is 1. The van der Waals surface area contributed by atoms with Crippen molar-refractivity contribution in [2.45, 2.75) is 0 Å². The van der Waals surface area contributed by atoms with Crippen LogP contribution in [0.2, 0.25) is 0 Å². The summed E-state index contributed by atoms with van der Waals surface area (Å²) in [6.07, 6.45) is 0. The van der Waals surface area contributed by atoms with Crippen LogP contribution in [0, 0.1) is 0 Å². The van der Waals surface area contributed by atoms with Crippen molar-refractivity contribution in [2.24, 2.45) is 0 Å². The number of fused-ring (bicyclic) bond motifs is 2. The fourth-order valence-electron chi connectivity index (χ4n) is 3.55. The number of nitrogens with zero attached hydrogens (tertiary/aromatic N) is 4. The van der Waals surface area contributed by atoms with E-state index in [4.69, 9.17) is 14.7 Å². The molecule has 0 saturated carbocycles. The van der Waals surface area contributed by atoms with Crippen molar-refractivity contribution in [1.82, 2.24) is 9.97 Å². The van der Waals surface area contributed by atoms with Gasteiger partial charge in [0.1, 0.15) is 11.5 Å². The molecule has 2 heterocycles. The Kier molecular flexibility index (Phi) is 4.52. The summed E-state index contributed by atoms with van der Waals surface area (Å²) >= 11 is 0. The van der Waals surface area contributed by atoms with Crippen LogP contribution in [0.25, 0.3) is 11.0 Å². The Balaban J connectivity index is 1.49. The largest absolute Gasteiger partial charge is 0.457 e. The van der Waals surface area contributed by atoms with E-state index in [-0.39, 0.29) is 5.91 Å². The van der Waals surface area contributed by atoms with Gasteiger partial charge in [-0.15, -0.1) is 0 Å². The van der Waals surface area contributed by atoms with Gasteiger partial charge in [0, 0.05) is 25.7 Å². The van der Waals surface area contributed by atoms with E-state index in [0.717, 1.165) is 16.8 Å². The van der Waals surface area contributed by atoms with E-state index in [1.54, 1.807) is 17.0 Å². The summed E-state index contributed by atoms with van der Waals surface area (Å²) in [4.78, 5) is 26.6. The van der Waals surface area contributed by atoms with Crippen molar-refractivity contribution < 1.29 is 9.53 Å². The van der Waals surface area contributed by atoms with Gasteiger partial charge in [0.15, 0.2) is 11.6 Å². The van der Waals surface area contributed by atoms with E-state index in [1.807, 2.05) is 78.7 Å². The van der Waals surface area contributed by atoms with E-state index >= 15 is 0 Å². The zero-order valence-electron chi connectivity index (χ0n) is 16.5. The van der Waals surface area contributed by atoms with Crippen LogP contribution in [0.3, 0.4) is 0 Å². The molecule has 1 aliphatic heterocycles. The Morgan fingerprint density at radius 3 is 2.23 bits per heavy atom. The lowest BCUT2D eigenvalue weighted by Crippen LogP contribution is -2.43. The predicted molar refractivity (Wildman–Crippen MR) is 117 cm³/mol. The molecule has 0 spiro atoms. The molecule has 1 amide bonds. The van der Waals surface area contributed by atoms with Crippen molar-refractivity contribution >= 4 is 28.6 Å². The van der Waals surface area contributed by atoms with Gasteiger partial charge in [-0.25, -0.2) is 9.97 Å². The summed E-state index contributed by atoms with van der Waals surface area (Å²) in [6, 6.07) is 24.5. The van der Waals surface area contributed by atoms with E-state index in [2.05, 4.69) is 0 Å². The maximum Gasteiger partial charge on any atom is 0.259 e. The highest BCUT2D eigenvalue weighted by Gasteiger charge is 2.29. The summed E-state index contributed by atoms with van der Waals surface area (Å²) in [6.45, 7) is 1.23. The van der Waals surface area contributed by atoms with Gasteiger partial charge in [-0.05, 0) is 42.5 Å². The average molecular weight is 396 g/mol. The molecular formula is C24H20N4O2. The maximum absolute atomic E-state index is 13.4. The van der Waals surface area contributed by atoms with E-state index < -0.39 is 0 Å². The molecular weight excluding hydrogens is 376 g/mol. The van der Waals surface area contributed by atoms with Crippen LogP contribution in [0.1, 0.15) is 10.4 Å². The predicted octanol–water partition coefficient (Wildman–Crippen LogP) is 4.52. The highest BCUT2D eigenvalue weighted by atomic mass is 16.5. The molecule has 4 aromatic rings. The van der Waals surface area contributed by atoms with Crippen molar-refractivity contribution in [3.05, 3.63) is 84.4 Å². The number of ether oxygens (including phenoxy) is 1. The molecule has 3 aromatic carbocycles. The Hall–Kier alpha value is -3.93. The van der Waals surface area contributed by atoms with Gasteiger partial charge in [-0.3, -0.25) is 9.69 Å². The minimum atomic E-state index is -0.118. The molecule has 0 bridgehead atoms. The number of para-hydroxylation sites is 3. The third-order valence-corrected chi connectivity index (χ3v) is 5.12. The van der Waals surface area contributed by atoms with Gasteiger partial charge in [0.05, 0.1) is 11.0 Å². The van der Waals surface area contributed by atoms with Gasteiger partial charge in [-0.2, -0.15) is 0 Å². The molecule has 6 heteroatoms. The van der Waals surface area contributed by atoms with E-state index in [1.165, 1.54) is 0 Å². The van der Waals surface area contributed by atoms with Crippen molar-refractivity contribution in [3.63, 3.8) is 0 Å². The number of likely N-dealkylation sites (N-methyl/N-ethyl adjacent to an activating group) is 1. The number of hydrogen-bond acceptors (Lipinski definition) is 5. The zero-order chi connectivity index (χ0) is 20.5. The summed E-state index contributed by atoms with van der Waals surface area (Å²) < 4.78 is 5.89. The summed E-state index contributed by atoms with van der Waals surface area (Å²) in [5, 5.41) is 0. The van der Waals surface area contributed by atoms with Crippen LogP contribution in [0.15, 0.2) is 78.9 Å². The number of benzene rings is 3. The second-order valence-electron chi connectivity index (χ2n) is 7.18. The molecule has 6 nitrogen and oxygen atoms in total. The van der Waals surface area contributed by atoms with Crippen LogP contribution in [0.5, 0.6) is 11.5 Å². The second-order valence-corrected chi connectivity index (χ2v) is 7.18. The number of carbonyl (C=O) groups is 1. The maximum atomic E-state index is 13.4. The van der Waals surface area contributed by atoms with Crippen molar-refractivity contribution in [2.75, 3.05) is 29.9 Å². The summed E-state index contributed by atoms with van der Waals surface area (Å²) in [7, 11) is 1.97. The van der Waals surface area contributed by atoms with Crippen LogP contribution in [0.4, 0.5) is 11.6 Å². The first-order chi connectivity index (χ1) is 14.7. The SMILES string of the molecule is CN1CCN(C(=O)c2cccc(Oc3ccccc3)c2)c2nc3ccccc3nc21. The first kappa shape index (κ1) is 18.1. The van der Waals surface area contributed by atoms with Crippen LogP contribution < -0.4 is 14.5 Å². The van der Waals surface area contributed by atoms with Gasteiger partial charge >= 0.3 is 0 Å². The number of hydrogen-bond donors (Lipinski definition) is 0. The molecule has 0 N–H and O–H groups in total. The molecule has 0 radical (unpaired) electrons. The molecule has 0 aliphatic carbocycles. The van der Waals surface area contributed by atoms with Crippen LogP contribution >= 0.6 is 0 Å². The molecule has 0 fully saturated rings. The second kappa shape index (κ2) is 7.48. The topological polar surface area (TPSA) is 58.6 Å². The first-order valence-electron chi connectivity index (χ1n) is 9.82. The van der Waals surface area contributed by atoms with Crippen molar-refractivity contribution in [3.8, 4) is 11.5 Å². The zero-order valence-corrected chi connectivity index (χ0v) is 16.5. The van der Waals surface area contributed by atoms with Gasteiger partial charge in [-0.1, -0.05) is 36.4 Å². The minimum absolute atomic E-state index is 0.118. The monoisotopic (exact) mass is 396 g/mol. The lowest BCUT2D eigenvalue weighted by Gasteiger charge is -2.33. The Bertz CT molecular complexity index is 1230.